The second-order valence-corrected chi connectivity index (χ2v) is 14.7. The van der Waals surface area contributed by atoms with Crippen molar-refractivity contribution in [2.24, 2.45) is 23.0 Å². The van der Waals surface area contributed by atoms with Gasteiger partial charge in [0.1, 0.15) is 17.1 Å². The summed E-state index contributed by atoms with van der Waals surface area (Å²) in [6, 6.07) is 0.134. The van der Waals surface area contributed by atoms with E-state index in [0.717, 1.165) is 13.0 Å². The Labute approximate surface area is 268 Å². The molecule has 0 aromatic heterocycles. The van der Waals surface area contributed by atoms with Crippen molar-refractivity contribution in [1.29, 1.82) is 0 Å². The SMILES string of the molecule is CN(C)c1cc(NC(=O)[C@@H]2CCCN2CC(C)(C)C)c(O)c2c1C[C@H]1C[C@H]3[C@H](N(C)C)C(O)=C(C(N)=O)C(=O)[C@@]3(O)C(O)=C1C2=O. The van der Waals surface area contributed by atoms with Gasteiger partial charge in [-0.1, -0.05) is 20.8 Å². The molecule has 3 aliphatic carbocycles. The van der Waals surface area contributed by atoms with E-state index in [0.29, 0.717) is 24.2 Å². The summed E-state index contributed by atoms with van der Waals surface area (Å²) in [6.07, 6.45) is 1.63. The summed E-state index contributed by atoms with van der Waals surface area (Å²) in [7, 11) is 6.70. The molecule has 0 unspecified atom stereocenters. The van der Waals surface area contributed by atoms with Gasteiger partial charge in [0, 0.05) is 37.8 Å². The number of carbonyl (C=O) groups is 4. The average molecular weight is 640 g/mol. The fourth-order valence-corrected chi connectivity index (χ4v) is 7.93. The molecular weight excluding hydrogens is 594 g/mol. The van der Waals surface area contributed by atoms with Crippen LogP contribution in [0, 0.1) is 17.3 Å². The summed E-state index contributed by atoms with van der Waals surface area (Å²) >= 11 is 0. The van der Waals surface area contributed by atoms with Gasteiger partial charge in [0.2, 0.25) is 11.7 Å². The van der Waals surface area contributed by atoms with Gasteiger partial charge in [-0.3, -0.25) is 29.0 Å². The van der Waals surface area contributed by atoms with Crippen molar-refractivity contribution >= 4 is 34.8 Å². The number of allylic oxidation sites excluding steroid dienone is 1. The Morgan fingerprint density at radius 1 is 1.13 bits per heavy atom. The van der Waals surface area contributed by atoms with Gasteiger partial charge in [-0.15, -0.1) is 0 Å². The molecule has 4 aliphatic rings. The molecule has 13 nitrogen and oxygen atoms in total. The van der Waals surface area contributed by atoms with Crippen molar-refractivity contribution in [3.8, 4) is 5.75 Å². The van der Waals surface area contributed by atoms with Gasteiger partial charge in [0.05, 0.1) is 23.3 Å². The van der Waals surface area contributed by atoms with E-state index in [1.807, 2.05) is 0 Å². The second kappa shape index (κ2) is 11.4. The molecule has 5 atom stereocenters. The number of Topliss-reactive ketones (excluding diaryl/α,β-unsaturated/α-hetero) is 2. The molecule has 1 saturated heterocycles. The number of aliphatic hydroxyl groups is 3. The Hall–Kier alpha value is -3.94. The summed E-state index contributed by atoms with van der Waals surface area (Å²) < 4.78 is 0. The smallest absolute Gasteiger partial charge is 0.255 e. The van der Waals surface area contributed by atoms with E-state index in [2.05, 4.69) is 31.0 Å². The van der Waals surface area contributed by atoms with Crippen LogP contribution in [0.3, 0.4) is 0 Å². The molecule has 2 amide bonds. The van der Waals surface area contributed by atoms with E-state index < -0.39 is 69.8 Å². The first-order valence-electron chi connectivity index (χ1n) is 15.6. The molecule has 0 saturated carbocycles. The van der Waals surface area contributed by atoms with E-state index >= 15 is 0 Å². The first-order valence-corrected chi connectivity index (χ1v) is 15.6. The number of nitrogens with zero attached hydrogens (tertiary/aromatic N) is 3. The van der Waals surface area contributed by atoms with Crippen molar-refractivity contribution < 1.29 is 39.6 Å². The lowest BCUT2D eigenvalue weighted by atomic mass is 9.58. The molecule has 1 fully saturated rings. The maximum atomic E-state index is 14.3. The van der Waals surface area contributed by atoms with E-state index in [9.17, 15) is 39.6 Å². The van der Waals surface area contributed by atoms with Crippen LogP contribution in [-0.2, 0) is 20.8 Å². The number of phenols is 1. The number of carbonyl (C=O) groups excluding carboxylic acids is 4. The summed E-state index contributed by atoms with van der Waals surface area (Å²) in [5, 5.41) is 48.8. The number of amides is 2. The number of rotatable bonds is 6. The third-order valence-corrected chi connectivity index (χ3v) is 9.78. The lowest BCUT2D eigenvalue weighted by Crippen LogP contribution is -2.63. The molecule has 1 aromatic rings. The number of hydrogen-bond donors (Lipinski definition) is 6. The minimum atomic E-state index is -2.73. The van der Waals surface area contributed by atoms with Crippen molar-refractivity contribution in [3.05, 3.63) is 39.9 Å². The maximum Gasteiger partial charge on any atom is 0.255 e. The summed E-state index contributed by atoms with van der Waals surface area (Å²) in [5.41, 5.74) is 2.47. The molecule has 250 valence electrons. The summed E-state index contributed by atoms with van der Waals surface area (Å²) in [5.74, 6) is -7.54. The monoisotopic (exact) mass is 639 g/mol. The fourth-order valence-electron chi connectivity index (χ4n) is 7.93. The number of likely N-dealkylation sites (tertiary alicyclic amines) is 1. The average Bonchev–Trinajstić information content (AvgIpc) is 3.38. The number of phenolic OH excluding ortho intramolecular Hbond substituents is 1. The Balaban J connectivity index is 1.60. The van der Waals surface area contributed by atoms with Gasteiger partial charge >= 0.3 is 0 Å². The third-order valence-electron chi connectivity index (χ3n) is 9.78. The van der Waals surface area contributed by atoms with Crippen LogP contribution in [0.15, 0.2) is 28.7 Å². The first kappa shape index (κ1) is 33.4. The van der Waals surface area contributed by atoms with Crippen molar-refractivity contribution in [1.82, 2.24) is 9.80 Å². The molecule has 7 N–H and O–H groups in total. The Bertz CT molecular complexity index is 1590. The van der Waals surface area contributed by atoms with Crippen molar-refractivity contribution in [2.45, 2.75) is 64.1 Å². The molecule has 1 heterocycles. The van der Waals surface area contributed by atoms with Gasteiger partial charge in [-0.2, -0.15) is 0 Å². The lowest BCUT2D eigenvalue weighted by Gasteiger charge is -2.50. The highest BCUT2D eigenvalue weighted by molar-refractivity contribution is 6.25. The third kappa shape index (κ3) is 5.14. The van der Waals surface area contributed by atoms with Crippen LogP contribution in [0.2, 0.25) is 0 Å². The molecule has 0 radical (unpaired) electrons. The molecule has 13 heteroatoms. The zero-order chi connectivity index (χ0) is 34.2. The van der Waals surface area contributed by atoms with Crippen LogP contribution in [-0.4, -0.2) is 113 Å². The van der Waals surface area contributed by atoms with Crippen LogP contribution in [0.1, 0.15) is 56.0 Å². The van der Waals surface area contributed by atoms with Gasteiger partial charge in [0.15, 0.2) is 17.1 Å². The minimum absolute atomic E-state index is 0.0107. The number of nitrogens with one attached hydrogen (secondary N) is 1. The number of likely N-dealkylation sites (N-methyl/N-ethyl adjacent to an activating group) is 1. The van der Waals surface area contributed by atoms with E-state index in [1.54, 1.807) is 39.2 Å². The normalized spacial score (nSPS) is 28.3. The predicted molar refractivity (Wildman–Crippen MR) is 171 cm³/mol. The number of nitrogens with two attached hydrogens (primary N) is 1. The first-order chi connectivity index (χ1) is 21.3. The fraction of sp³-hybridized carbons (Fsp3) is 0.576. The lowest BCUT2D eigenvalue weighted by molar-refractivity contribution is -0.148. The topological polar surface area (TPSA) is 197 Å². The Kier molecular flexibility index (Phi) is 8.28. The van der Waals surface area contributed by atoms with Crippen molar-refractivity contribution in [2.75, 3.05) is 51.5 Å². The van der Waals surface area contributed by atoms with Gasteiger partial charge < -0.3 is 36.4 Å². The largest absolute Gasteiger partial charge is 0.510 e. The second-order valence-electron chi connectivity index (χ2n) is 14.7. The zero-order valence-electron chi connectivity index (χ0n) is 27.5. The number of aliphatic hydroxyl groups excluding tert-OH is 2. The number of hydrogen-bond acceptors (Lipinski definition) is 11. The minimum Gasteiger partial charge on any atom is -0.510 e. The Morgan fingerprint density at radius 2 is 1.78 bits per heavy atom. The quantitative estimate of drug-likeness (QED) is 0.196. The molecule has 0 bridgehead atoms. The van der Waals surface area contributed by atoms with E-state index in [4.69, 9.17) is 5.73 Å². The van der Waals surface area contributed by atoms with Crippen LogP contribution in [0.5, 0.6) is 5.75 Å². The van der Waals surface area contributed by atoms with E-state index in [1.165, 1.54) is 4.90 Å². The predicted octanol–water partition coefficient (Wildman–Crippen LogP) is 1.64. The van der Waals surface area contributed by atoms with Crippen LogP contribution in [0.25, 0.3) is 0 Å². The Morgan fingerprint density at radius 3 is 2.35 bits per heavy atom. The number of aromatic hydroxyl groups is 1. The maximum absolute atomic E-state index is 14.3. The highest BCUT2D eigenvalue weighted by Crippen LogP contribution is 2.54. The van der Waals surface area contributed by atoms with Crippen LogP contribution in [0.4, 0.5) is 11.4 Å². The molecule has 1 aromatic carbocycles. The molecular formula is C33H45N5O8. The molecule has 0 spiro atoms. The van der Waals surface area contributed by atoms with Gasteiger partial charge in [-0.25, -0.2) is 0 Å². The van der Waals surface area contributed by atoms with Crippen LogP contribution >= 0.6 is 0 Å². The zero-order valence-corrected chi connectivity index (χ0v) is 27.5. The molecule has 1 aliphatic heterocycles. The highest BCUT2D eigenvalue weighted by Gasteiger charge is 2.63. The van der Waals surface area contributed by atoms with Gasteiger partial charge in [-0.05, 0) is 69.3 Å². The number of fused-ring (bicyclic) bond motifs is 3. The highest BCUT2D eigenvalue weighted by atomic mass is 16.3. The number of ketones is 2. The molecule has 5 rings (SSSR count). The number of primary amides is 1. The molecule has 46 heavy (non-hydrogen) atoms. The number of anilines is 2. The van der Waals surface area contributed by atoms with Gasteiger partial charge in [0.25, 0.3) is 5.91 Å². The summed E-state index contributed by atoms with van der Waals surface area (Å²) in [6.45, 7) is 7.77. The van der Waals surface area contributed by atoms with Crippen LogP contribution < -0.4 is 16.0 Å². The standard InChI is InChI=1S/C33H45N5O8/c1-32(2,3)14-38-10-8-9-19(38)31(45)35-18-13-20(36(4)5)16-11-15-12-17-24(37(6)7)27(41)23(30(34)44)29(43)33(17,46)28(42)21(15)26(40)22(16)25(18)39/h13,15,17,19,24,39,41-42,46H,8-12,14H2,1-7H3,(H2,34,44)(H,35,45)/t15-,17-,19-,24-,33-/m0/s1. The van der Waals surface area contributed by atoms with Crippen molar-refractivity contribution in [3.63, 3.8) is 0 Å². The van der Waals surface area contributed by atoms with E-state index in [-0.39, 0.29) is 41.0 Å². The number of benzene rings is 1. The summed E-state index contributed by atoms with van der Waals surface area (Å²) in [4.78, 5) is 59.0.